The highest BCUT2D eigenvalue weighted by Crippen LogP contribution is 2.20. The number of rotatable bonds is 14. The second kappa shape index (κ2) is 15.3. The van der Waals surface area contributed by atoms with Gasteiger partial charge in [-0.1, -0.05) is 52.0 Å². The van der Waals surface area contributed by atoms with Crippen LogP contribution in [0.25, 0.3) is 0 Å². The number of aryl methyl sites for hydroxylation is 4. The molecule has 0 aliphatic carbocycles. The molecule has 0 aromatic heterocycles. The minimum Gasteiger partial charge on any atom is -0.497 e. The third-order valence-electron chi connectivity index (χ3n) is 8.34. The van der Waals surface area contributed by atoms with E-state index in [-0.39, 0.29) is 0 Å². The van der Waals surface area contributed by atoms with Gasteiger partial charge in [0.2, 0.25) is 18.1 Å². The van der Waals surface area contributed by atoms with Crippen LogP contribution in [0, 0.1) is 0 Å². The molecule has 4 aromatic carbocycles. The molecule has 4 aromatic rings. The zero-order valence-electron chi connectivity index (χ0n) is 27.0. The maximum Gasteiger partial charge on any atom is 0.229 e. The van der Waals surface area contributed by atoms with Crippen molar-refractivity contribution in [3.63, 3.8) is 0 Å². The van der Waals surface area contributed by atoms with Crippen LogP contribution in [0.3, 0.4) is 0 Å². The summed E-state index contributed by atoms with van der Waals surface area (Å²) >= 11 is 0. The van der Waals surface area contributed by atoms with Gasteiger partial charge >= 0.3 is 0 Å². The Hall–Kier alpha value is -3.53. The molecule has 0 fully saturated rings. The molecular weight excluding hydrogens is 569 g/mol. The van der Waals surface area contributed by atoms with Gasteiger partial charge in [0, 0.05) is 0 Å². The summed E-state index contributed by atoms with van der Waals surface area (Å²) in [6.45, 7) is 8.86. The van der Waals surface area contributed by atoms with Crippen molar-refractivity contribution in [1.29, 1.82) is 0 Å². The Balaban J connectivity index is 2.07. The summed E-state index contributed by atoms with van der Waals surface area (Å²) in [6.07, 6.45) is 3.62. The van der Waals surface area contributed by atoms with E-state index < -0.39 is 18.1 Å². The van der Waals surface area contributed by atoms with E-state index in [9.17, 15) is 0 Å². The van der Waals surface area contributed by atoms with E-state index in [2.05, 4.69) is 100 Å². The summed E-state index contributed by atoms with van der Waals surface area (Å²) in [5, 5.41) is 5.02. The first-order valence-corrected chi connectivity index (χ1v) is 18.5. The van der Waals surface area contributed by atoms with Crippen molar-refractivity contribution in [3.8, 4) is 23.0 Å². The van der Waals surface area contributed by atoms with Gasteiger partial charge < -0.3 is 23.1 Å². The second-order valence-electron chi connectivity index (χ2n) is 10.6. The fourth-order valence-corrected chi connectivity index (χ4v) is 13.7. The topological polar surface area (TPSA) is 46.2 Å². The van der Waals surface area contributed by atoms with E-state index in [1.165, 1.54) is 43.0 Å². The van der Waals surface area contributed by atoms with Gasteiger partial charge in [-0.25, -0.2) is 0 Å². The third kappa shape index (κ3) is 7.17. The molecule has 0 heterocycles. The average Bonchev–Trinajstić information content (AvgIpc) is 3.07. The molecule has 0 bridgehead atoms. The van der Waals surface area contributed by atoms with Crippen molar-refractivity contribution in [2.75, 3.05) is 28.4 Å². The van der Waals surface area contributed by atoms with Gasteiger partial charge in [-0.2, -0.15) is 0 Å². The van der Waals surface area contributed by atoms with E-state index in [0.29, 0.717) is 0 Å². The number of hydrogen-bond acceptors (Lipinski definition) is 5. The lowest BCUT2D eigenvalue weighted by atomic mass is 10.1. The van der Waals surface area contributed by atoms with Crippen LogP contribution >= 0.6 is 0 Å². The summed E-state index contributed by atoms with van der Waals surface area (Å²) in [5.41, 5.74) is 5.16. The fourth-order valence-electron chi connectivity index (χ4n) is 5.83. The van der Waals surface area contributed by atoms with Gasteiger partial charge in [0.1, 0.15) is 23.0 Å². The van der Waals surface area contributed by atoms with Gasteiger partial charge in [0.25, 0.3) is 0 Å². The summed E-state index contributed by atoms with van der Waals surface area (Å²) in [4.78, 5) is 0. The Morgan fingerprint density at radius 2 is 0.628 bits per heavy atom. The van der Waals surface area contributed by atoms with Gasteiger partial charge in [0.05, 0.1) is 28.4 Å². The van der Waals surface area contributed by atoms with Crippen molar-refractivity contribution in [2.45, 2.75) is 53.4 Å². The minimum absolute atomic E-state index is 0.846. The molecule has 0 amide bonds. The molecule has 0 aliphatic heterocycles. The van der Waals surface area contributed by atoms with Crippen molar-refractivity contribution in [2.24, 2.45) is 0 Å². The lowest BCUT2D eigenvalue weighted by Crippen LogP contribution is -2.58. The maximum absolute atomic E-state index is 7.82. The van der Waals surface area contributed by atoms with E-state index in [1.807, 2.05) is 0 Å². The summed E-state index contributed by atoms with van der Waals surface area (Å²) < 4.78 is 30.9. The van der Waals surface area contributed by atoms with Crippen molar-refractivity contribution < 1.29 is 23.1 Å². The standard InChI is InChI=1S/C36H46O5Si2/c1-9-25-13-17-29(37-5)21-33(25)42(34-22-30(38-6)18-14-26(34)10-2)41-43(35-23-31(39-7)19-15-27(35)11-3)36-24-32(40-8)20-16-28(36)12-4/h13-24,42-43H,9-12H2,1-8H3. The number of hydrogen-bond donors (Lipinski definition) is 0. The van der Waals surface area contributed by atoms with Crippen molar-refractivity contribution in [3.05, 3.63) is 95.1 Å². The molecule has 0 spiro atoms. The van der Waals surface area contributed by atoms with E-state index >= 15 is 0 Å². The molecular formula is C36H46O5Si2. The Kier molecular flexibility index (Phi) is 11.5. The Morgan fingerprint density at radius 3 is 0.814 bits per heavy atom. The van der Waals surface area contributed by atoms with Crippen molar-refractivity contribution in [1.82, 2.24) is 0 Å². The number of benzene rings is 4. The van der Waals surface area contributed by atoms with Crippen LogP contribution in [-0.4, -0.2) is 46.5 Å². The largest absolute Gasteiger partial charge is 0.497 e. The van der Waals surface area contributed by atoms with E-state index in [1.54, 1.807) is 28.4 Å². The Morgan fingerprint density at radius 1 is 0.395 bits per heavy atom. The van der Waals surface area contributed by atoms with E-state index in [0.717, 1.165) is 48.7 Å². The van der Waals surface area contributed by atoms with Gasteiger partial charge in [-0.05, 0) is 117 Å². The smallest absolute Gasteiger partial charge is 0.229 e. The summed E-state index contributed by atoms with van der Waals surface area (Å²) in [7, 11) is 2.25. The summed E-state index contributed by atoms with van der Waals surface area (Å²) in [5.74, 6) is 3.38. The molecule has 0 saturated carbocycles. The monoisotopic (exact) mass is 614 g/mol. The fraction of sp³-hybridized carbons (Fsp3) is 0.333. The van der Waals surface area contributed by atoms with Crippen LogP contribution < -0.4 is 39.7 Å². The Labute approximate surface area is 261 Å². The number of methoxy groups -OCH3 is 4. The van der Waals surface area contributed by atoms with Gasteiger partial charge in [-0.3, -0.25) is 0 Å². The normalized spacial score (nSPS) is 11.2. The molecule has 7 heteroatoms. The highest BCUT2D eigenvalue weighted by Gasteiger charge is 2.32. The van der Waals surface area contributed by atoms with Crippen LogP contribution in [0.1, 0.15) is 49.9 Å². The molecule has 0 unspecified atom stereocenters. The first kappa shape index (κ1) is 32.4. The van der Waals surface area contributed by atoms with Crippen LogP contribution in [0.5, 0.6) is 23.0 Å². The first-order chi connectivity index (χ1) is 20.9. The molecule has 0 atom stereocenters. The average molecular weight is 615 g/mol. The van der Waals surface area contributed by atoms with E-state index in [4.69, 9.17) is 23.1 Å². The van der Waals surface area contributed by atoms with Crippen LogP contribution in [0.2, 0.25) is 0 Å². The Bertz CT molecular complexity index is 1300. The predicted molar refractivity (Wildman–Crippen MR) is 183 cm³/mol. The molecule has 0 N–H and O–H groups in total. The zero-order valence-corrected chi connectivity index (χ0v) is 29.3. The quantitative estimate of drug-likeness (QED) is 0.198. The molecule has 0 aliphatic rings. The second-order valence-corrected chi connectivity index (χ2v) is 15.7. The minimum atomic E-state index is -2.34. The summed E-state index contributed by atoms with van der Waals surface area (Å²) in [6, 6.07) is 25.9. The number of ether oxygens (including phenoxy) is 4. The van der Waals surface area contributed by atoms with Crippen LogP contribution in [0.4, 0.5) is 0 Å². The predicted octanol–water partition coefficient (Wildman–Crippen LogP) is 4.36. The van der Waals surface area contributed by atoms with Gasteiger partial charge in [-0.15, -0.1) is 0 Å². The van der Waals surface area contributed by atoms with Crippen LogP contribution in [-0.2, 0) is 29.8 Å². The first-order valence-electron chi connectivity index (χ1n) is 15.3. The van der Waals surface area contributed by atoms with Crippen molar-refractivity contribution >= 4 is 38.8 Å². The van der Waals surface area contributed by atoms with Crippen LogP contribution in [0.15, 0.2) is 72.8 Å². The molecule has 5 nitrogen and oxygen atoms in total. The SMILES string of the molecule is CCc1ccc(OC)cc1[SiH](O[SiH](c1cc(OC)ccc1CC)c1cc(OC)ccc1CC)c1cc(OC)ccc1CC. The zero-order chi connectivity index (χ0) is 30.9. The highest BCUT2D eigenvalue weighted by molar-refractivity contribution is 6.92. The molecule has 43 heavy (non-hydrogen) atoms. The molecule has 4 rings (SSSR count). The maximum atomic E-state index is 7.82. The molecule has 0 saturated heterocycles. The third-order valence-corrected chi connectivity index (χ3v) is 14.9. The lowest BCUT2D eigenvalue weighted by Gasteiger charge is -2.30. The molecule has 0 radical (unpaired) electrons. The lowest BCUT2D eigenvalue weighted by molar-refractivity contribution is 0.415. The molecule has 228 valence electrons. The highest BCUT2D eigenvalue weighted by atomic mass is 28.4. The van der Waals surface area contributed by atoms with Gasteiger partial charge in [0.15, 0.2) is 0 Å².